The normalized spacial score (nSPS) is 20.4. The third kappa shape index (κ3) is 3.64. The van der Waals surface area contributed by atoms with Crippen LogP contribution in [-0.2, 0) is 4.74 Å². The summed E-state index contributed by atoms with van der Waals surface area (Å²) < 4.78 is 17.1. The Kier molecular flexibility index (Phi) is 5.68. The Hall–Kier alpha value is -1.26. The van der Waals surface area contributed by atoms with Crippen LogP contribution in [0.15, 0.2) is 18.2 Å². The van der Waals surface area contributed by atoms with Gasteiger partial charge in [0.1, 0.15) is 6.10 Å². The third-order valence-corrected chi connectivity index (χ3v) is 3.76. The second kappa shape index (κ2) is 7.50. The van der Waals surface area contributed by atoms with Crippen molar-refractivity contribution >= 4 is 0 Å². The van der Waals surface area contributed by atoms with Crippen molar-refractivity contribution in [3.05, 3.63) is 23.8 Å². The number of nitrogens with two attached hydrogens (primary N) is 1. The van der Waals surface area contributed by atoms with E-state index in [1.165, 1.54) is 0 Å². The first-order chi connectivity index (χ1) is 9.76. The van der Waals surface area contributed by atoms with Gasteiger partial charge in [-0.3, -0.25) is 0 Å². The molecule has 0 spiro atoms. The third-order valence-electron chi connectivity index (χ3n) is 3.76. The SMILES string of the molecule is COc1c(OC2CCCOC2)cccc1C(C)CCN. The van der Waals surface area contributed by atoms with Crippen LogP contribution in [0.2, 0.25) is 0 Å². The number of ether oxygens (including phenoxy) is 3. The van der Waals surface area contributed by atoms with Gasteiger partial charge in [0.25, 0.3) is 0 Å². The lowest BCUT2D eigenvalue weighted by Crippen LogP contribution is -2.28. The van der Waals surface area contributed by atoms with Crippen molar-refractivity contribution in [2.75, 3.05) is 26.9 Å². The van der Waals surface area contributed by atoms with Gasteiger partial charge in [0.15, 0.2) is 11.5 Å². The van der Waals surface area contributed by atoms with E-state index in [1.54, 1.807) is 7.11 Å². The Morgan fingerprint density at radius 1 is 1.45 bits per heavy atom. The molecular weight excluding hydrogens is 254 g/mol. The number of para-hydroxylation sites is 1. The van der Waals surface area contributed by atoms with Gasteiger partial charge in [-0.2, -0.15) is 0 Å². The van der Waals surface area contributed by atoms with Gasteiger partial charge in [-0.05, 0) is 37.8 Å². The van der Waals surface area contributed by atoms with Crippen molar-refractivity contribution in [3.63, 3.8) is 0 Å². The Balaban J connectivity index is 2.17. The van der Waals surface area contributed by atoms with Crippen LogP contribution >= 0.6 is 0 Å². The van der Waals surface area contributed by atoms with Gasteiger partial charge in [-0.25, -0.2) is 0 Å². The molecule has 2 atom stereocenters. The van der Waals surface area contributed by atoms with Gasteiger partial charge in [0.2, 0.25) is 0 Å². The fourth-order valence-corrected chi connectivity index (χ4v) is 2.62. The van der Waals surface area contributed by atoms with Crippen molar-refractivity contribution in [3.8, 4) is 11.5 Å². The molecule has 2 unspecified atom stereocenters. The molecule has 4 heteroatoms. The molecule has 1 aliphatic rings. The van der Waals surface area contributed by atoms with E-state index in [9.17, 15) is 0 Å². The van der Waals surface area contributed by atoms with Crippen molar-refractivity contribution in [2.24, 2.45) is 5.73 Å². The molecule has 2 N–H and O–H groups in total. The van der Waals surface area contributed by atoms with Gasteiger partial charge < -0.3 is 19.9 Å². The lowest BCUT2D eigenvalue weighted by Gasteiger charge is -2.25. The predicted octanol–water partition coefficient (Wildman–Crippen LogP) is 2.71. The Labute approximate surface area is 121 Å². The molecule has 0 aromatic heterocycles. The molecule has 20 heavy (non-hydrogen) atoms. The van der Waals surface area contributed by atoms with E-state index in [1.807, 2.05) is 12.1 Å². The van der Waals surface area contributed by atoms with Gasteiger partial charge in [-0.1, -0.05) is 19.1 Å². The molecule has 1 heterocycles. The van der Waals surface area contributed by atoms with E-state index in [0.717, 1.165) is 42.9 Å². The zero-order chi connectivity index (χ0) is 14.4. The van der Waals surface area contributed by atoms with Crippen LogP contribution in [0.3, 0.4) is 0 Å². The summed E-state index contributed by atoms with van der Waals surface area (Å²) in [4.78, 5) is 0. The quantitative estimate of drug-likeness (QED) is 0.870. The monoisotopic (exact) mass is 279 g/mol. The molecule has 0 aliphatic carbocycles. The topological polar surface area (TPSA) is 53.7 Å². The lowest BCUT2D eigenvalue weighted by atomic mass is 9.96. The minimum Gasteiger partial charge on any atom is -0.493 e. The van der Waals surface area contributed by atoms with Gasteiger partial charge >= 0.3 is 0 Å². The molecule has 1 aromatic carbocycles. The molecule has 1 saturated heterocycles. The first kappa shape index (κ1) is 15.1. The summed E-state index contributed by atoms with van der Waals surface area (Å²) in [7, 11) is 1.69. The lowest BCUT2D eigenvalue weighted by molar-refractivity contribution is 0.00637. The zero-order valence-electron chi connectivity index (χ0n) is 12.4. The Morgan fingerprint density at radius 2 is 2.30 bits per heavy atom. The summed E-state index contributed by atoms with van der Waals surface area (Å²) >= 11 is 0. The molecule has 0 amide bonds. The van der Waals surface area contributed by atoms with Gasteiger partial charge in [0.05, 0.1) is 13.7 Å². The molecule has 1 fully saturated rings. The number of rotatable bonds is 6. The number of hydrogen-bond acceptors (Lipinski definition) is 4. The van der Waals surface area contributed by atoms with Crippen LogP contribution in [0, 0.1) is 0 Å². The molecule has 0 radical (unpaired) electrons. The Bertz CT molecular complexity index is 416. The number of hydrogen-bond donors (Lipinski definition) is 1. The first-order valence-electron chi connectivity index (χ1n) is 7.37. The Morgan fingerprint density at radius 3 is 2.95 bits per heavy atom. The molecule has 2 rings (SSSR count). The van der Waals surface area contributed by atoms with Crippen molar-refractivity contribution in [1.29, 1.82) is 0 Å². The van der Waals surface area contributed by atoms with E-state index < -0.39 is 0 Å². The first-order valence-corrected chi connectivity index (χ1v) is 7.37. The summed E-state index contributed by atoms with van der Waals surface area (Å²) in [6, 6.07) is 6.07. The van der Waals surface area contributed by atoms with E-state index >= 15 is 0 Å². The summed E-state index contributed by atoms with van der Waals surface area (Å²) in [5, 5.41) is 0. The van der Waals surface area contributed by atoms with Gasteiger partial charge in [0, 0.05) is 12.2 Å². The van der Waals surface area contributed by atoms with E-state index in [0.29, 0.717) is 19.1 Å². The highest BCUT2D eigenvalue weighted by molar-refractivity contribution is 5.48. The minimum atomic E-state index is 0.123. The predicted molar refractivity (Wildman–Crippen MR) is 79.5 cm³/mol. The maximum Gasteiger partial charge on any atom is 0.164 e. The van der Waals surface area contributed by atoms with E-state index in [4.69, 9.17) is 19.9 Å². The van der Waals surface area contributed by atoms with Gasteiger partial charge in [-0.15, -0.1) is 0 Å². The zero-order valence-corrected chi connectivity index (χ0v) is 12.4. The number of methoxy groups -OCH3 is 1. The van der Waals surface area contributed by atoms with Crippen molar-refractivity contribution in [1.82, 2.24) is 0 Å². The standard InChI is InChI=1S/C16H25NO3/c1-12(8-9-17)14-6-3-7-15(16(14)18-2)20-13-5-4-10-19-11-13/h3,6-7,12-13H,4-5,8-11,17H2,1-2H3. The van der Waals surface area contributed by atoms with Crippen LogP contribution in [0.5, 0.6) is 11.5 Å². The molecule has 4 nitrogen and oxygen atoms in total. The van der Waals surface area contributed by atoms with E-state index in [-0.39, 0.29) is 6.10 Å². The average molecular weight is 279 g/mol. The highest BCUT2D eigenvalue weighted by atomic mass is 16.5. The largest absolute Gasteiger partial charge is 0.493 e. The van der Waals surface area contributed by atoms with Crippen LogP contribution in [0.4, 0.5) is 0 Å². The fourth-order valence-electron chi connectivity index (χ4n) is 2.62. The summed E-state index contributed by atoms with van der Waals surface area (Å²) in [6.07, 6.45) is 3.15. The number of benzene rings is 1. The summed E-state index contributed by atoms with van der Waals surface area (Å²) in [6.45, 7) is 4.33. The fraction of sp³-hybridized carbons (Fsp3) is 0.625. The molecule has 0 saturated carbocycles. The summed E-state index contributed by atoms with van der Waals surface area (Å²) in [5.41, 5.74) is 6.82. The highest BCUT2D eigenvalue weighted by Crippen LogP contribution is 2.37. The van der Waals surface area contributed by atoms with E-state index in [2.05, 4.69) is 13.0 Å². The molecule has 112 valence electrons. The molecular formula is C16H25NO3. The summed E-state index contributed by atoms with van der Waals surface area (Å²) in [5.74, 6) is 2.00. The van der Waals surface area contributed by atoms with Crippen LogP contribution in [-0.4, -0.2) is 33.0 Å². The van der Waals surface area contributed by atoms with Crippen LogP contribution < -0.4 is 15.2 Å². The van der Waals surface area contributed by atoms with Crippen LogP contribution in [0.25, 0.3) is 0 Å². The average Bonchev–Trinajstić information content (AvgIpc) is 2.48. The second-order valence-corrected chi connectivity index (χ2v) is 5.31. The van der Waals surface area contributed by atoms with Crippen LogP contribution in [0.1, 0.15) is 37.7 Å². The smallest absolute Gasteiger partial charge is 0.164 e. The molecule has 1 aliphatic heterocycles. The second-order valence-electron chi connectivity index (χ2n) is 5.31. The maximum atomic E-state index is 6.07. The molecule has 1 aromatic rings. The molecule has 0 bridgehead atoms. The highest BCUT2D eigenvalue weighted by Gasteiger charge is 2.20. The van der Waals surface area contributed by atoms with Crippen molar-refractivity contribution < 1.29 is 14.2 Å². The maximum absolute atomic E-state index is 6.07. The van der Waals surface area contributed by atoms with Crippen molar-refractivity contribution in [2.45, 2.75) is 38.2 Å². The minimum absolute atomic E-state index is 0.123.